The van der Waals surface area contributed by atoms with Gasteiger partial charge in [-0.25, -0.2) is 0 Å². The Balaban J connectivity index is 3.39. The highest BCUT2D eigenvalue weighted by atomic mass is 16.5. The quantitative estimate of drug-likeness (QED) is 0.587. The molecule has 3 heteroatoms. The molecular formula is C10H23NO2. The van der Waals surface area contributed by atoms with E-state index in [1.807, 2.05) is 13.8 Å². The van der Waals surface area contributed by atoms with Crippen molar-refractivity contribution < 1.29 is 9.84 Å². The zero-order valence-corrected chi connectivity index (χ0v) is 9.21. The molecule has 0 radical (unpaired) electrons. The SMILES string of the molecule is CC(C)OCCNC(CO)C(C)C. The minimum atomic E-state index is 0.191. The molecule has 2 N–H and O–H groups in total. The third kappa shape index (κ3) is 6.99. The Morgan fingerprint density at radius 1 is 1.23 bits per heavy atom. The van der Waals surface area contributed by atoms with E-state index >= 15 is 0 Å². The average Bonchev–Trinajstić information content (AvgIpc) is 2.03. The molecule has 0 fully saturated rings. The lowest BCUT2D eigenvalue weighted by atomic mass is 10.1. The maximum absolute atomic E-state index is 9.00. The smallest absolute Gasteiger partial charge is 0.0594 e. The van der Waals surface area contributed by atoms with E-state index in [-0.39, 0.29) is 18.8 Å². The van der Waals surface area contributed by atoms with Gasteiger partial charge in [-0.05, 0) is 19.8 Å². The summed E-state index contributed by atoms with van der Waals surface area (Å²) >= 11 is 0. The number of rotatable bonds is 7. The Hall–Kier alpha value is -0.120. The molecule has 0 aromatic rings. The molecule has 0 aliphatic carbocycles. The molecule has 0 spiro atoms. The van der Waals surface area contributed by atoms with Crippen LogP contribution in [-0.2, 0) is 4.74 Å². The van der Waals surface area contributed by atoms with Crippen LogP contribution in [0.2, 0.25) is 0 Å². The second-order valence-electron chi connectivity index (χ2n) is 3.91. The second-order valence-corrected chi connectivity index (χ2v) is 3.91. The Morgan fingerprint density at radius 2 is 1.85 bits per heavy atom. The maximum Gasteiger partial charge on any atom is 0.0594 e. The zero-order valence-electron chi connectivity index (χ0n) is 9.21. The van der Waals surface area contributed by atoms with Crippen molar-refractivity contribution >= 4 is 0 Å². The molecule has 0 bridgehead atoms. The fourth-order valence-electron chi connectivity index (χ4n) is 1.05. The third-order valence-electron chi connectivity index (χ3n) is 1.96. The van der Waals surface area contributed by atoms with Gasteiger partial charge in [-0.1, -0.05) is 13.8 Å². The van der Waals surface area contributed by atoms with Crippen LogP contribution < -0.4 is 5.32 Å². The number of ether oxygens (including phenoxy) is 1. The second kappa shape index (κ2) is 7.30. The lowest BCUT2D eigenvalue weighted by molar-refractivity contribution is 0.0760. The maximum atomic E-state index is 9.00. The summed E-state index contributed by atoms with van der Waals surface area (Å²) in [6.45, 7) is 9.94. The molecule has 0 aromatic heterocycles. The predicted octanol–water partition coefficient (Wildman–Crippen LogP) is 1.02. The van der Waals surface area contributed by atoms with Gasteiger partial charge in [0.2, 0.25) is 0 Å². The molecule has 80 valence electrons. The van der Waals surface area contributed by atoms with Gasteiger partial charge in [-0.2, -0.15) is 0 Å². The van der Waals surface area contributed by atoms with E-state index in [0.29, 0.717) is 12.5 Å². The topological polar surface area (TPSA) is 41.5 Å². The molecule has 0 rings (SSSR count). The van der Waals surface area contributed by atoms with Crippen LogP contribution in [0.25, 0.3) is 0 Å². The van der Waals surface area contributed by atoms with Crippen LogP contribution in [0.3, 0.4) is 0 Å². The first-order valence-corrected chi connectivity index (χ1v) is 5.03. The summed E-state index contributed by atoms with van der Waals surface area (Å²) in [5, 5.41) is 12.3. The number of aliphatic hydroxyl groups is 1. The fourth-order valence-corrected chi connectivity index (χ4v) is 1.05. The van der Waals surface area contributed by atoms with Crippen molar-refractivity contribution in [3.05, 3.63) is 0 Å². The standard InChI is InChI=1S/C10H23NO2/c1-8(2)10(7-12)11-5-6-13-9(3)4/h8-12H,5-7H2,1-4H3. The van der Waals surface area contributed by atoms with Crippen molar-refractivity contribution in [1.29, 1.82) is 0 Å². The molecule has 1 unspecified atom stereocenters. The van der Waals surface area contributed by atoms with E-state index in [2.05, 4.69) is 19.2 Å². The Kier molecular flexibility index (Phi) is 7.23. The summed E-state index contributed by atoms with van der Waals surface area (Å²) in [5.74, 6) is 0.462. The summed E-state index contributed by atoms with van der Waals surface area (Å²) in [6.07, 6.45) is 0.286. The van der Waals surface area contributed by atoms with E-state index in [9.17, 15) is 0 Å². The molecule has 0 aliphatic rings. The van der Waals surface area contributed by atoms with Gasteiger partial charge in [0, 0.05) is 12.6 Å². The van der Waals surface area contributed by atoms with E-state index in [0.717, 1.165) is 6.54 Å². The molecule has 0 saturated heterocycles. The van der Waals surface area contributed by atoms with Gasteiger partial charge in [0.25, 0.3) is 0 Å². The van der Waals surface area contributed by atoms with Crippen LogP contribution in [0, 0.1) is 5.92 Å². The van der Waals surface area contributed by atoms with Crippen LogP contribution in [0.4, 0.5) is 0 Å². The van der Waals surface area contributed by atoms with E-state index in [1.54, 1.807) is 0 Å². The zero-order chi connectivity index (χ0) is 10.3. The predicted molar refractivity (Wildman–Crippen MR) is 54.8 cm³/mol. The van der Waals surface area contributed by atoms with Gasteiger partial charge in [0.15, 0.2) is 0 Å². The van der Waals surface area contributed by atoms with Gasteiger partial charge in [-0.15, -0.1) is 0 Å². The lowest BCUT2D eigenvalue weighted by Crippen LogP contribution is -2.39. The van der Waals surface area contributed by atoms with Crippen molar-refractivity contribution in [2.75, 3.05) is 19.8 Å². The molecule has 3 nitrogen and oxygen atoms in total. The van der Waals surface area contributed by atoms with Crippen LogP contribution in [-0.4, -0.2) is 37.0 Å². The minimum absolute atomic E-state index is 0.191. The van der Waals surface area contributed by atoms with Gasteiger partial charge in [0.05, 0.1) is 19.3 Å². The molecule has 0 saturated carbocycles. The summed E-state index contributed by atoms with van der Waals surface area (Å²) < 4.78 is 5.37. The monoisotopic (exact) mass is 189 g/mol. The number of nitrogens with one attached hydrogen (secondary N) is 1. The summed E-state index contributed by atoms with van der Waals surface area (Å²) in [7, 11) is 0. The summed E-state index contributed by atoms with van der Waals surface area (Å²) in [5.41, 5.74) is 0. The highest BCUT2D eigenvalue weighted by molar-refractivity contribution is 4.68. The highest BCUT2D eigenvalue weighted by Crippen LogP contribution is 1.99. The molecule has 0 heterocycles. The molecular weight excluding hydrogens is 166 g/mol. The van der Waals surface area contributed by atoms with Crippen molar-refractivity contribution in [1.82, 2.24) is 5.32 Å². The van der Waals surface area contributed by atoms with Crippen molar-refractivity contribution in [2.24, 2.45) is 5.92 Å². The van der Waals surface area contributed by atoms with Crippen molar-refractivity contribution in [3.63, 3.8) is 0 Å². The van der Waals surface area contributed by atoms with Gasteiger partial charge in [0.1, 0.15) is 0 Å². The van der Waals surface area contributed by atoms with Crippen molar-refractivity contribution in [2.45, 2.75) is 39.8 Å². The Morgan fingerprint density at radius 3 is 2.23 bits per heavy atom. The normalized spacial score (nSPS) is 14.1. The third-order valence-corrected chi connectivity index (χ3v) is 1.96. The van der Waals surface area contributed by atoms with Crippen LogP contribution in [0.1, 0.15) is 27.7 Å². The summed E-state index contributed by atoms with van der Waals surface area (Å²) in [6, 6.07) is 0.191. The minimum Gasteiger partial charge on any atom is -0.395 e. The van der Waals surface area contributed by atoms with Gasteiger partial charge in [-0.3, -0.25) is 0 Å². The van der Waals surface area contributed by atoms with Crippen molar-refractivity contribution in [3.8, 4) is 0 Å². The highest BCUT2D eigenvalue weighted by Gasteiger charge is 2.10. The molecule has 1 atom stereocenters. The average molecular weight is 189 g/mol. The number of hydrogen-bond donors (Lipinski definition) is 2. The molecule has 13 heavy (non-hydrogen) atoms. The Labute approximate surface area is 81.5 Å². The van der Waals surface area contributed by atoms with Crippen LogP contribution in [0.5, 0.6) is 0 Å². The van der Waals surface area contributed by atoms with E-state index < -0.39 is 0 Å². The largest absolute Gasteiger partial charge is 0.395 e. The van der Waals surface area contributed by atoms with E-state index in [4.69, 9.17) is 9.84 Å². The fraction of sp³-hybridized carbons (Fsp3) is 1.00. The number of aliphatic hydroxyl groups excluding tert-OH is 1. The molecule has 0 aromatic carbocycles. The first-order valence-electron chi connectivity index (χ1n) is 5.03. The van der Waals surface area contributed by atoms with E-state index in [1.165, 1.54) is 0 Å². The number of hydrogen-bond acceptors (Lipinski definition) is 3. The Bertz CT molecular complexity index is 115. The molecule has 0 amide bonds. The van der Waals surface area contributed by atoms with Crippen LogP contribution in [0.15, 0.2) is 0 Å². The first-order chi connectivity index (χ1) is 6.07. The van der Waals surface area contributed by atoms with Crippen LogP contribution >= 0.6 is 0 Å². The van der Waals surface area contributed by atoms with Gasteiger partial charge >= 0.3 is 0 Å². The van der Waals surface area contributed by atoms with Gasteiger partial charge < -0.3 is 15.2 Å². The first kappa shape index (κ1) is 12.9. The summed E-state index contributed by atoms with van der Waals surface area (Å²) in [4.78, 5) is 0. The molecule has 0 aliphatic heterocycles. The lowest BCUT2D eigenvalue weighted by Gasteiger charge is -2.20.